The molecule has 0 bridgehead atoms. The Labute approximate surface area is 96.4 Å². The van der Waals surface area contributed by atoms with Crippen molar-refractivity contribution in [2.45, 2.75) is 19.8 Å². The van der Waals surface area contributed by atoms with Gasteiger partial charge in [-0.15, -0.1) is 0 Å². The van der Waals surface area contributed by atoms with Gasteiger partial charge in [-0.05, 0) is 18.1 Å². The van der Waals surface area contributed by atoms with Gasteiger partial charge in [0, 0.05) is 11.8 Å². The molecule has 0 aliphatic heterocycles. The molecular weight excluding hydrogens is 224 g/mol. The van der Waals surface area contributed by atoms with Crippen LogP contribution < -0.4 is 0 Å². The summed E-state index contributed by atoms with van der Waals surface area (Å²) in [5.41, 5.74) is 1.55. The summed E-state index contributed by atoms with van der Waals surface area (Å²) in [4.78, 5) is 11.6. The first-order valence-corrected chi connectivity index (χ1v) is 7.28. The number of carbonyl (C=O) groups excluding carboxylic acids is 1. The summed E-state index contributed by atoms with van der Waals surface area (Å²) >= 11 is 0. The number of rotatable bonds is 5. The molecular formula is C12H16O3S. The molecule has 0 fully saturated rings. The number of sulfone groups is 1. The SMILES string of the molecule is CCCc1cccc(C(=O)CS(C)(=O)=O)c1. The topological polar surface area (TPSA) is 51.2 Å². The van der Waals surface area contributed by atoms with Crippen LogP contribution in [0.25, 0.3) is 0 Å². The zero-order valence-corrected chi connectivity index (χ0v) is 10.4. The van der Waals surface area contributed by atoms with Crippen molar-refractivity contribution in [3.05, 3.63) is 35.4 Å². The third-order valence-electron chi connectivity index (χ3n) is 2.18. The maximum atomic E-state index is 11.6. The molecule has 0 atom stereocenters. The highest BCUT2D eigenvalue weighted by Crippen LogP contribution is 2.09. The lowest BCUT2D eigenvalue weighted by atomic mass is 10.1. The van der Waals surface area contributed by atoms with Crippen LogP contribution in [-0.4, -0.2) is 26.2 Å². The Kier molecular flexibility index (Phi) is 4.24. The van der Waals surface area contributed by atoms with Crippen molar-refractivity contribution in [2.24, 2.45) is 0 Å². The minimum Gasteiger partial charge on any atom is -0.293 e. The van der Waals surface area contributed by atoms with Gasteiger partial charge in [-0.3, -0.25) is 4.79 Å². The summed E-state index contributed by atoms with van der Waals surface area (Å²) in [6.07, 6.45) is 2.98. The van der Waals surface area contributed by atoms with E-state index >= 15 is 0 Å². The summed E-state index contributed by atoms with van der Waals surface area (Å²) in [6.45, 7) is 2.06. The predicted octanol–water partition coefficient (Wildman–Crippen LogP) is 1.87. The molecule has 0 saturated carbocycles. The number of hydrogen-bond acceptors (Lipinski definition) is 3. The second-order valence-electron chi connectivity index (χ2n) is 3.94. The fraction of sp³-hybridized carbons (Fsp3) is 0.417. The first-order chi connectivity index (χ1) is 7.42. The summed E-state index contributed by atoms with van der Waals surface area (Å²) in [7, 11) is -3.25. The van der Waals surface area contributed by atoms with Crippen molar-refractivity contribution < 1.29 is 13.2 Å². The van der Waals surface area contributed by atoms with Crippen LogP contribution in [0.5, 0.6) is 0 Å². The summed E-state index contributed by atoms with van der Waals surface area (Å²) in [5.74, 6) is -0.747. The fourth-order valence-electron chi connectivity index (χ4n) is 1.51. The molecule has 0 N–H and O–H groups in total. The van der Waals surface area contributed by atoms with Gasteiger partial charge in [0.2, 0.25) is 0 Å². The van der Waals surface area contributed by atoms with Gasteiger partial charge in [0.05, 0.1) is 0 Å². The smallest absolute Gasteiger partial charge is 0.177 e. The van der Waals surface area contributed by atoms with Crippen molar-refractivity contribution in [1.82, 2.24) is 0 Å². The minimum atomic E-state index is -3.25. The lowest BCUT2D eigenvalue weighted by Gasteiger charge is -2.03. The first-order valence-electron chi connectivity index (χ1n) is 5.22. The summed E-state index contributed by atoms with van der Waals surface area (Å²) in [5, 5.41) is 0. The van der Waals surface area contributed by atoms with Crippen molar-refractivity contribution in [2.75, 3.05) is 12.0 Å². The molecule has 0 spiro atoms. The first kappa shape index (κ1) is 12.9. The molecule has 4 heteroatoms. The van der Waals surface area contributed by atoms with Gasteiger partial charge in [-0.2, -0.15) is 0 Å². The summed E-state index contributed by atoms with van der Waals surface area (Å²) < 4.78 is 22.0. The highest BCUT2D eigenvalue weighted by Gasteiger charge is 2.13. The molecule has 16 heavy (non-hydrogen) atoms. The van der Waals surface area contributed by atoms with E-state index in [9.17, 15) is 13.2 Å². The Morgan fingerprint density at radius 2 is 2.00 bits per heavy atom. The van der Waals surface area contributed by atoms with E-state index < -0.39 is 15.6 Å². The van der Waals surface area contributed by atoms with E-state index in [4.69, 9.17) is 0 Å². The number of hydrogen-bond donors (Lipinski definition) is 0. The largest absolute Gasteiger partial charge is 0.293 e. The molecule has 3 nitrogen and oxygen atoms in total. The van der Waals surface area contributed by atoms with Gasteiger partial charge in [-0.1, -0.05) is 31.5 Å². The van der Waals surface area contributed by atoms with Crippen LogP contribution in [0.1, 0.15) is 29.3 Å². The van der Waals surface area contributed by atoms with E-state index in [0.29, 0.717) is 5.56 Å². The number of aryl methyl sites for hydroxylation is 1. The maximum Gasteiger partial charge on any atom is 0.177 e. The molecule has 0 aliphatic carbocycles. The van der Waals surface area contributed by atoms with E-state index in [0.717, 1.165) is 24.7 Å². The number of carbonyl (C=O) groups is 1. The average Bonchev–Trinajstić information content (AvgIpc) is 2.16. The van der Waals surface area contributed by atoms with Gasteiger partial charge in [-0.25, -0.2) is 8.42 Å². The molecule has 0 radical (unpaired) electrons. The van der Waals surface area contributed by atoms with Crippen LogP contribution in [0.3, 0.4) is 0 Å². The monoisotopic (exact) mass is 240 g/mol. The standard InChI is InChI=1S/C12H16O3S/c1-3-5-10-6-4-7-11(8-10)12(13)9-16(2,14)15/h4,6-8H,3,5,9H2,1-2H3. The van der Waals surface area contributed by atoms with Crippen LogP contribution in [-0.2, 0) is 16.3 Å². The molecule has 0 unspecified atom stereocenters. The fourth-order valence-corrected chi connectivity index (χ4v) is 2.15. The minimum absolute atomic E-state index is 0.333. The molecule has 0 saturated heterocycles. The Morgan fingerprint density at radius 3 is 2.56 bits per heavy atom. The molecule has 0 aliphatic rings. The Hall–Kier alpha value is -1.16. The van der Waals surface area contributed by atoms with Crippen LogP contribution in [0.4, 0.5) is 0 Å². The Bertz CT molecular complexity index is 475. The third kappa shape index (κ3) is 4.14. The Balaban J connectivity index is 2.87. The molecule has 0 heterocycles. The zero-order chi connectivity index (χ0) is 12.2. The van der Waals surface area contributed by atoms with Crippen LogP contribution in [0.15, 0.2) is 24.3 Å². The van der Waals surface area contributed by atoms with E-state index in [1.54, 1.807) is 18.2 Å². The van der Waals surface area contributed by atoms with E-state index in [-0.39, 0.29) is 5.78 Å². The highest BCUT2D eigenvalue weighted by molar-refractivity contribution is 7.91. The molecule has 1 rings (SSSR count). The third-order valence-corrected chi connectivity index (χ3v) is 2.97. The molecule has 0 amide bonds. The number of ketones is 1. The van der Waals surface area contributed by atoms with Gasteiger partial charge in [0.25, 0.3) is 0 Å². The van der Waals surface area contributed by atoms with Gasteiger partial charge < -0.3 is 0 Å². The highest BCUT2D eigenvalue weighted by atomic mass is 32.2. The molecule has 88 valence electrons. The Morgan fingerprint density at radius 1 is 1.31 bits per heavy atom. The van der Waals surface area contributed by atoms with Crippen LogP contribution >= 0.6 is 0 Å². The lowest BCUT2D eigenvalue weighted by molar-refractivity contribution is 0.102. The van der Waals surface area contributed by atoms with E-state index in [1.165, 1.54) is 0 Å². The van der Waals surface area contributed by atoms with E-state index in [2.05, 4.69) is 6.92 Å². The van der Waals surface area contributed by atoms with Gasteiger partial charge >= 0.3 is 0 Å². The van der Waals surface area contributed by atoms with Crippen molar-refractivity contribution >= 4 is 15.6 Å². The second-order valence-corrected chi connectivity index (χ2v) is 6.08. The molecule has 0 aromatic heterocycles. The number of benzene rings is 1. The molecule has 1 aromatic rings. The van der Waals surface area contributed by atoms with Gasteiger partial charge in [0.1, 0.15) is 5.75 Å². The van der Waals surface area contributed by atoms with Crippen LogP contribution in [0, 0.1) is 0 Å². The van der Waals surface area contributed by atoms with Crippen LogP contribution in [0.2, 0.25) is 0 Å². The zero-order valence-electron chi connectivity index (χ0n) is 9.56. The van der Waals surface area contributed by atoms with E-state index in [1.807, 2.05) is 6.07 Å². The lowest BCUT2D eigenvalue weighted by Crippen LogP contribution is -2.14. The number of Topliss-reactive ketones (excluding diaryl/α,β-unsaturated/α-hetero) is 1. The predicted molar refractivity (Wildman–Crippen MR) is 64.5 cm³/mol. The quantitative estimate of drug-likeness (QED) is 0.738. The second kappa shape index (κ2) is 5.25. The molecule has 1 aromatic carbocycles. The van der Waals surface area contributed by atoms with Gasteiger partial charge in [0.15, 0.2) is 15.6 Å². The van der Waals surface area contributed by atoms with Crippen molar-refractivity contribution in [1.29, 1.82) is 0 Å². The van der Waals surface area contributed by atoms with Crippen molar-refractivity contribution in [3.8, 4) is 0 Å². The normalized spacial score (nSPS) is 11.4. The summed E-state index contributed by atoms with van der Waals surface area (Å²) in [6, 6.07) is 7.17. The average molecular weight is 240 g/mol. The maximum absolute atomic E-state index is 11.6. The van der Waals surface area contributed by atoms with Crippen molar-refractivity contribution in [3.63, 3.8) is 0 Å².